The monoisotopic (exact) mass is 315 g/mol. The highest BCUT2D eigenvalue weighted by molar-refractivity contribution is 5.10. The molecule has 6 saturated carbocycles. The quantitative estimate of drug-likeness (QED) is 0.765. The molecule has 3 atom stereocenters. The van der Waals surface area contributed by atoms with Crippen molar-refractivity contribution in [3.63, 3.8) is 0 Å². The molecular formula is C21H33NO. The molecule has 0 aromatic rings. The summed E-state index contributed by atoms with van der Waals surface area (Å²) in [6, 6.07) is 0. The van der Waals surface area contributed by atoms with E-state index in [2.05, 4.69) is 4.90 Å². The minimum absolute atomic E-state index is 0.281. The Morgan fingerprint density at radius 2 is 1.48 bits per heavy atom. The van der Waals surface area contributed by atoms with E-state index in [0.717, 1.165) is 48.0 Å². The van der Waals surface area contributed by atoms with Gasteiger partial charge in [-0.1, -0.05) is 0 Å². The van der Waals surface area contributed by atoms with E-state index in [1.807, 2.05) is 0 Å². The Morgan fingerprint density at radius 1 is 0.826 bits per heavy atom. The largest absolute Gasteiger partial charge is 0.372 e. The van der Waals surface area contributed by atoms with Crippen molar-refractivity contribution in [3.05, 3.63) is 0 Å². The number of ether oxygens (including phenoxy) is 1. The van der Waals surface area contributed by atoms with Crippen molar-refractivity contribution in [3.8, 4) is 0 Å². The maximum absolute atomic E-state index is 6.65. The van der Waals surface area contributed by atoms with Gasteiger partial charge in [0.2, 0.25) is 0 Å². The predicted octanol–water partition coefficient (Wildman–Crippen LogP) is 3.95. The lowest BCUT2D eigenvalue weighted by molar-refractivity contribution is -0.234. The number of fused-ring (bicyclic) bond motifs is 1. The second-order valence-electron chi connectivity index (χ2n) is 10.3. The van der Waals surface area contributed by atoms with Crippen LogP contribution in [0.5, 0.6) is 0 Å². The first-order valence-corrected chi connectivity index (χ1v) is 10.6. The number of hydrogen-bond donors (Lipinski definition) is 0. The zero-order valence-corrected chi connectivity index (χ0v) is 14.6. The molecule has 1 saturated heterocycles. The maximum atomic E-state index is 6.65. The summed E-state index contributed by atoms with van der Waals surface area (Å²) >= 11 is 0. The van der Waals surface area contributed by atoms with Gasteiger partial charge in [-0.3, -0.25) is 4.90 Å². The standard InChI is InChI=1S/C21H33NO/c1-2-18-7-16(6-17(1)18)12-22-3-4-23-21(13-22)19-8-14-5-15(10-19)11-20(21)9-14/h14-20H,1-13H2/t14?,15?,16?,17-,18+,19?,20?,21?. The fraction of sp³-hybridized carbons (Fsp3) is 1.00. The Hall–Kier alpha value is -0.0800. The number of nitrogens with zero attached hydrogens (tertiary/aromatic N) is 1. The fourth-order valence-electron chi connectivity index (χ4n) is 8.20. The van der Waals surface area contributed by atoms with Crippen LogP contribution in [-0.2, 0) is 4.74 Å². The molecule has 7 aliphatic rings. The lowest BCUT2D eigenvalue weighted by Gasteiger charge is -2.63. The lowest BCUT2D eigenvalue weighted by atomic mass is 9.49. The van der Waals surface area contributed by atoms with Crippen LogP contribution < -0.4 is 0 Å². The van der Waals surface area contributed by atoms with Gasteiger partial charge in [0.25, 0.3) is 0 Å². The minimum Gasteiger partial charge on any atom is -0.372 e. The average Bonchev–Trinajstić information content (AvgIpc) is 2.80. The van der Waals surface area contributed by atoms with Crippen LogP contribution in [0, 0.1) is 41.4 Å². The third kappa shape index (κ3) is 2.06. The first-order valence-electron chi connectivity index (χ1n) is 10.6. The van der Waals surface area contributed by atoms with Crippen molar-refractivity contribution >= 4 is 0 Å². The van der Waals surface area contributed by atoms with Gasteiger partial charge in [-0.15, -0.1) is 0 Å². The van der Waals surface area contributed by atoms with Crippen molar-refractivity contribution in [1.29, 1.82) is 0 Å². The maximum Gasteiger partial charge on any atom is 0.0865 e. The SMILES string of the molecule is C1CN(CC2C[C@H]3CC[C@H]3C2)CC2(O1)C1CC3CC(C1)CC2C3. The highest BCUT2D eigenvalue weighted by Gasteiger charge is 2.59. The molecule has 4 bridgehead atoms. The first kappa shape index (κ1) is 14.1. The van der Waals surface area contributed by atoms with Crippen molar-refractivity contribution in [2.24, 2.45) is 41.4 Å². The zero-order chi connectivity index (χ0) is 15.0. The van der Waals surface area contributed by atoms with Gasteiger partial charge in [-0.25, -0.2) is 0 Å². The second kappa shape index (κ2) is 4.97. The minimum atomic E-state index is 0.281. The first-order chi connectivity index (χ1) is 11.3. The molecule has 6 aliphatic carbocycles. The molecule has 1 unspecified atom stereocenters. The summed E-state index contributed by atoms with van der Waals surface area (Å²) < 4.78 is 6.65. The van der Waals surface area contributed by atoms with Crippen molar-refractivity contribution in [2.75, 3.05) is 26.2 Å². The average molecular weight is 316 g/mol. The van der Waals surface area contributed by atoms with Crippen LogP contribution in [0.25, 0.3) is 0 Å². The predicted molar refractivity (Wildman–Crippen MR) is 91.1 cm³/mol. The molecule has 128 valence electrons. The Labute approximate surface area is 141 Å². The van der Waals surface area contributed by atoms with Crippen LogP contribution in [-0.4, -0.2) is 36.7 Å². The van der Waals surface area contributed by atoms with Crippen LogP contribution in [0.1, 0.15) is 57.8 Å². The molecule has 1 heterocycles. The van der Waals surface area contributed by atoms with Crippen molar-refractivity contribution in [1.82, 2.24) is 4.90 Å². The summed E-state index contributed by atoms with van der Waals surface area (Å²) in [5, 5.41) is 0. The van der Waals surface area contributed by atoms with Crippen LogP contribution in [0.15, 0.2) is 0 Å². The second-order valence-corrected chi connectivity index (χ2v) is 10.3. The van der Waals surface area contributed by atoms with E-state index in [4.69, 9.17) is 4.74 Å². The molecule has 2 nitrogen and oxygen atoms in total. The summed E-state index contributed by atoms with van der Waals surface area (Å²) in [4.78, 5) is 2.85. The molecule has 0 amide bonds. The fourth-order valence-corrected chi connectivity index (χ4v) is 8.20. The third-order valence-electron chi connectivity index (χ3n) is 9.13. The molecule has 7 fully saturated rings. The van der Waals surface area contributed by atoms with E-state index in [-0.39, 0.29) is 5.60 Å². The summed E-state index contributed by atoms with van der Waals surface area (Å²) in [7, 11) is 0. The number of hydrogen-bond acceptors (Lipinski definition) is 2. The van der Waals surface area contributed by atoms with Gasteiger partial charge >= 0.3 is 0 Å². The molecule has 0 N–H and O–H groups in total. The van der Waals surface area contributed by atoms with E-state index in [0.29, 0.717) is 0 Å². The summed E-state index contributed by atoms with van der Waals surface area (Å²) in [6.45, 7) is 4.90. The van der Waals surface area contributed by atoms with E-state index in [1.165, 1.54) is 45.3 Å². The number of rotatable bonds is 2. The van der Waals surface area contributed by atoms with Crippen LogP contribution >= 0.6 is 0 Å². The van der Waals surface area contributed by atoms with Gasteiger partial charge in [0.1, 0.15) is 0 Å². The molecule has 7 rings (SSSR count). The number of morpholine rings is 1. The van der Waals surface area contributed by atoms with Gasteiger partial charge in [0.15, 0.2) is 0 Å². The summed E-state index contributed by atoms with van der Waals surface area (Å²) in [6.07, 6.45) is 13.7. The van der Waals surface area contributed by atoms with Crippen molar-refractivity contribution in [2.45, 2.75) is 63.4 Å². The highest BCUT2D eigenvalue weighted by Crippen LogP contribution is 2.60. The molecule has 23 heavy (non-hydrogen) atoms. The Kier molecular flexibility index (Phi) is 3.05. The van der Waals surface area contributed by atoms with Gasteiger partial charge in [-0.05, 0) is 99.2 Å². The van der Waals surface area contributed by atoms with Gasteiger partial charge < -0.3 is 4.74 Å². The van der Waals surface area contributed by atoms with Crippen LogP contribution in [0.2, 0.25) is 0 Å². The Bertz CT molecular complexity index is 448. The van der Waals surface area contributed by atoms with E-state index in [9.17, 15) is 0 Å². The van der Waals surface area contributed by atoms with Crippen molar-refractivity contribution < 1.29 is 4.74 Å². The van der Waals surface area contributed by atoms with E-state index in [1.54, 1.807) is 32.1 Å². The van der Waals surface area contributed by atoms with E-state index < -0.39 is 0 Å². The molecular weight excluding hydrogens is 282 g/mol. The molecule has 0 radical (unpaired) electrons. The summed E-state index contributed by atoms with van der Waals surface area (Å²) in [5.74, 6) is 7.19. The summed E-state index contributed by atoms with van der Waals surface area (Å²) in [5.41, 5.74) is 0.281. The van der Waals surface area contributed by atoms with E-state index >= 15 is 0 Å². The smallest absolute Gasteiger partial charge is 0.0865 e. The highest BCUT2D eigenvalue weighted by atomic mass is 16.5. The molecule has 0 aromatic carbocycles. The third-order valence-corrected chi connectivity index (χ3v) is 9.13. The van der Waals surface area contributed by atoms with Gasteiger partial charge in [0.05, 0.1) is 12.2 Å². The van der Waals surface area contributed by atoms with Crippen LogP contribution in [0.4, 0.5) is 0 Å². The topological polar surface area (TPSA) is 12.5 Å². The zero-order valence-electron chi connectivity index (χ0n) is 14.6. The molecule has 1 aliphatic heterocycles. The Balaban J connectivity index is 1.18. The van der Waals surface area contributed by atoms with Gasteiger partial charge in [0, 0.05) is 19.6 Å². The van der Waals surface area contributed by atoms with Crippen LogP contribution in [0.3, 0.4) is 0 Å². The normalized spacial score (nSPS) is 57.7. The molecule has 0 aromatic heterocycles. The Morgan fingerprint density at radius 3 is 2.09 bits per heavy atom. The van der Waals surface area contributed by atoms with Gasteiger partial charge in [-0.2, -0.15) is 0 Å². The lowest BCUT2D eigenvalue weighted by Crippen LogP contribution is -2.66. The molecule has 1 spiro atoms. The molecule has 2 heteroatoms.